The number of morpholine rings is 1. The summed E-state index contributed by atoms with van der Waals surface area (Å²) >= 11 is 0. The van der Waals surface area contributed by atoms with Crippen LogP contribution in [-0.2, 0) is 16.1 Å². The zero-order valence-corrected chi connectivity index (χ0v) is 17.9. The number of fused-ring (bicyclic) bond motifs is 1. The van der Waals surface area contributed by atoms with Crippen molar-refractivity contribution in [3.05, 3.63) is 54.4 Å². The van der Waals surface area contributed by atoms with Crippen LogP contribution in [0.3, 0.4) is 0 Å². The van der Waals surface area contributed by atoms with Crippen molar-refractivity contribution in [1.29, 1.82) is 0 Å². The van der Waals surface area contributed by atoms with Crippen molar-refractivity contribution in [3.8, 4) is 5.75 Å². The summed E-state index contributed by atoms with van der Waals surface area (Å²) in [5, 5.41) is 0. The monoisotopic (exact) mass is 420 g/mol. The first-order valence-corrected chi connectivity index (χ1v) is 10.9. The lowest BCUT2D eigenvalue weighted by Crippen LogP contribution is -2.38. The number of hydrogen-bond donors (Lipinski definition) is 0. The van der Waals surface area contributed by atoms with Crippen LogP contribution in [0.1, 0.15) is 18.2 Å². The maximum atomic E-state index is 12.9. The number of nitrogens with zero attached hydrogens (tertiary/aromatic N) is 4. The van der Waals surface area contributed by atoms with E-state index >= 15 is 0 Å². The van der Waals surface area contributed by atoms with Gasteiger partial charge >= 0.3 is 0 Å². The molecule has 1 unspecified atom stereocenters. The topological polar surface area (TPSA) is 59.8 Å². The van der Waals surface area contributed by atoms with Gasteiger partial charge in [0.25, 0.3) is 0 Å². The molecule has 0 aliphatic carbocycles. The summed E-state index contributed by atoms with van der Waals surface area (Å²) in [6.07, 6.45) is 0.479. The number of imidazole rings is 1. The van der Waals surface area contributed by atoms with Gasteiger partial charge in [-0.2, -0.15) is 0 Å². The minimum absolute atomic E-state index is 0.0756. The van der Waals surface area contributed by atoms with Gasteiger partial charge in [0.1, 0.15) is 11.6 Å². The van der Waals surface area contributed by atoms with E-state index in [0.29, 0.717) is 13.0 Å². The summed E-state index contributed by atoms with van der Waals surface area (Å²) in [7, 11) is 1.65. The summed E-state index contributed by atoms with van der Waals surface area (Å²) in [5.41, 5.74) is 3.04. The van der Waals surface area contributed by atoms with Gasteiger partial charge in [-0.15, -0.1) is 0 Å². The molecule has 162 valence electrons. The first-order valence-electron chi connectivity index (χ1n) is 10.9. The zero-order chi connectivity index (χ0) is 21.2. The summed E-state index contributed by atoms with van der Waals surface area (Å²) < 4.78 is 13.0. The fourth-order valence-electron chi connectivity index (χ4n) is 4.60. The van der Waals surface area contributed by atoms with Crippen LogP contribution in [0.4, 0.5) is 5.69 Å². The highest BCUT2D eigenvalue weighted by Gasteiger charge is 2.35. The van der Waals surface area contributed by atoms with E-state index in [2.05, 4.69) is 27.7 Å². The van der Waals surface area contributed by atoms with Gasteiger partial charge in [0.2, 0.25) is 5.91 Å². The van der Waals surface area contributed by atoms with Crippen molar-refractivity contribution in [2.24, 2.45) is 0 Å². The Labute approximate surface area is 182 Å². The van der Waals surface area contributed by atoms with Crippen LogP contribution < -0.4 is 9.64 Å². The Kier molecular flexibility index (Phi) is 5.61. The molecule has 0 N–H and O–H groups in total. The Hall–Kier alpha value is -2.90. The molecule has 0 bridgehead atoms. The Morgan fingerprint density at radius 1 is 1.06 bits per heavy atom. The van der Waals surface area contributed by atoms with Gasteiger partial charge < -0.3 is 18.9 Å². The predicted molar refractivity (Wildman–Crippen MR) is 120 cm³/mol. The molecule has 0 saturated carbocycles. The molecule has 3 aromatic rings. The SMILES string of the molecule is COc1ccc(N2CC(c3nc4ccccc4n3CCN3CCOCC3)CC2=O)cc1. The molecular formula is C24H28N4O3. The molecule has 2 fully saturated rings. The van der Waals surface area contributed by atoms with Crippen LogP contribution in [-0.4, -0.2) is 66.9 Å². The first kappa shape index (κ1) is 20.0. The van der Waals surface area contributed by atoms with E-state index in [1.807, 2.05) is 35.2 Å². The molecule has 1 atom stereocenters. The molecule has 0 radical (unpaired) electrons. The smallest absolute Gasteiger partial charge is 0.227 e. The highest BCUT2D eigenvalue weighted by molar-refractivity contribution is 5.96. The third-order valence-corrected chi connectivity index (χ3v) is 6.30. The van der Waals surface area contributed by atoms with Crippen LogP contribution >= 0.6 is 0 Å². The molecule has 2 aliphatic rings. The number of amides is 1. The van der Waals surface area contributed by atoms with Crippen LogP contribution in [0.5, 0.6) is 5.75 Å². The van der Waals surface area contributed by atoms with Crippen LogP contribution in [0.2, 0.25) is 0 Å². The predicted octanol–water partition coefficient (Wildman–Crippen LogP) is 2.90. The van der Waals surface area contributed by atoms with E-state index in [-0.39, 0.29) is 11.8 Å². The molecule has 7 heteroatoms. The molecule has 7 nitrogen and oxygen atoms in total. The van der Waals surface area contributed by atoms with Gasteiger partial charge in [-0.05, 0) is 36.4 Å². The molecular weight excluding hydrogens is 392 g/mol. The molecule has 2 aliphatic heterocycles. The molecule has 2 aromatic carbocycles. The molecule has 31 heavy (non-hydrogen) atoms. The number of carbonyl (C=O) groups excluding carboxylic acids is 1. The highest BCUT2D eigenvalue weighted by atomic mass is 16.5. The number of hydrogen-bond acceptors (Lipinski definition) is 5. The number of anilines is 1. The number of aromatic nitrogens is 2. The van der Waals surface area contributed by atoms with Crippen molar-refractivity contribution in [2.45, 2.75) is 18.9 Å². The second kappa shape index (κ2) is 8.69. The van der Waals surface area contributed by atoms with E-state index in [1.165, 1.54) is 0 Å². The molecule has 3 heterocycles. The van der Waals surface area contributed by atoms with Crippen LogP contribution in [0.25, 0.3) is 11.0 Å². The maximum Gasteiger partial charge on any atom is 0.227 e. The normalized spacial score (nSPS) is 20.0. The largest absolute Gasteiger partial charge is 0.497 e. The van der Waals surface area contributed by atoms with Gasteiger partial charge in [-0.25, -0.2) is 4.98 Å². The van der Waals surface area contributed by atoms with Gasteiger partial charge in [-0.3, -0.25) is 9.69 Å². The van der Waals surface area contributed by atoms with Crippen molar-refractivity contribution in [2.75, 3.05) is 51.4 Å². The minimum Gasteiger partial charge on any atom is -0.497 e. The number of benzene rings is 2. The van der Waals surface area contributed by atoms with Gasteiger partial charge in [0.15, 0.2) is 0 Å². The molecule has 2 saturated heterocycles. The number of ether oxygens (including phenoxy) is 2. The van der Waals surface area contributed by atoms with Gasteiger partial charge in [0, 0.05) is 50.7 Å². The van der Waals surface area contributed by atoms with E-state index in [9.17, 15) is 4.79 Å². The fraction of sp³-hybridized carbons (Fsp3) is 0.417. The number of methoxy groups -OCH3 is 1. The Balaban J connectivity index is 1.40. The van der Waals surface area contributed by atoms with E-state index in [1.54, 1.807) is 7.11 Å². The van der Waals surface area contributed by atoms with Gasteiger partial charge in [0.05, 0.1) is 31.4 Å². The van der Waals surface area contributed by atoms with Gasteiger partial charge in [-0.1, -0.05) is 12.1 Å². The maximum absolute atomic E-state index is 12.9. The van der Waals surface area contributed by atoms with Crippen LogP contribution in [0.15, 0.2) is 48.5 Å². The number of rotatable bonds is 6. The molecule has 1 aromatic heterocycles. The van der Waals surface area contributed by atoms with E-state index in [0.717, 1.165) is 67.7 Å². The molecule has 1 amide bonds. The second-order valence-corrected chi connectivity index (χ2v) is 8.17. The lowest BCUT2D eigenvalue weighted by molar-refractivity contribution is -0.117. The summed E-state index contributed by atoms with van der Waals surface area (Å²) in [5.74, 6) is 2.02. The third-order valence-electron chi connectivity index (χ3n) is 6.30. The Bertz CT molecular complexity index is 1060. The average molecular weight is 421 g/mol. The first-order chi connectivity index (χ1) is 15.2. The Morgan fingerprint density at radius 2 is 1.84 bits per heavy atom. The Morgan fingerprint density at radius 3 is 2.61 bits per heavy atom. The molecule has 0 spiro atoms. The number of carbonyl (C=O) groups is 1. The lowest BCUT2D eigenvalue weighted by atomic mass is 10.1. The average Bonchev–Trinajstić information content (AvgIpc) is 3.39. The van der Waals surface area contributed by atoms with Crippen molar-refractivity contribution < 1.29 is 14.3 Å². The second-order valence-electron chi connectivity index (χ2n) is 8.17. The zero-order valence-electron chi connectivity index (χ0n) is 17.9. The lowest BCUT2D eigenvalue weighted by Gasteiger charge is -2.27. The van der Waals surface area contributed by atoms with E-state index < -0.39 is 0 Å². The molecule has 5 rings (SSSR count). The quantitative estimate of drug-likeness (QED) is 0.614. The summed E-state index contributed by atoms with van der Waals surface area (Å²) in [6, 6.07) is 15.9. The summed E-state index contributed by atoms with van der Waals surface area (Å²) in [6.45, 7) is 6.00. The standard InChI is InChI=1S/C24H28N4O3/c1-30-20-8-6-19(7-9-20)28-17-18(16-23(28)29)24-25-21-4-2-3-5-22(21)27(24)11-10-26-12-14-31-15-13-26/h2-9,18H,10-17H2,1H3. The van der Waals surface area contributed by atoms with Crippen LogP contribution in [0, 0.1) is 0 Å². The number of para-hydroxylation sites is 2. The third kappa shape index (κ3) is 4.03. The minimum atomic E-state index is 0.0756. The van der Waals surface area contributed by atoms with Crippen molar-refractivity contribution in [3.63, 3.8) is 0 Å². The van der Waals surface area contributed by atoms with Crippen molar-refractivity contribution >= 4 is 22.6 Å². The fourth-order valence-corrected chi connectivity index (χ4v) is 4.60. The van der Waals surface area contributed by atoms with E-state index in [4.69, 9.17) is 14.5 Å². The summed E-state index contributed by atoms with van der Waals surface area (Å²) in [4.78, 5) is 22.2. The highest BCUT2D eigenvalue weighted by Crippen LogP contribution is 2.33. The van der Waals surface area contributed by atoms with Crippen molar-refractivity contribution in [1.82, 2.24) is 14.5 Å².